The summed E-state index contributed by atoms with van der Waals surface area (Å²) in [6.45, 7) is 4.75. The van der Waals surface area contributed by atoms with Gasteiger partial charge in [-0.15, -0.1) is 0 Å². The Morgan fingerprint density at radius 2 is 2.00 bits per heavy atom. The standard InChI is InChI=1S/C24H29ClN2O3/c1-14-19(10-22(30-14)18-4-2-3-5-20(18)25)24(28)27-21-8-16-11-26-12-17(16)9-23(21)29-13-15-6-7-15/h2-5,10,15-17,21,23,26H,6-9,11-13H2,1H3,(H,27,28)/t16-,17+,21-,23-/m0/s1. The van der Waals surface area contributed by atoms with E-state index in [2.05, 4.69) is 10.6 Å². The summed E-state index contributed by atoms with van der Waals surface area (Å²) in [5.41, 5.74) is 1.36. The van der Waals surface area contributed by atoms with Crippen LogP contribution in [0.1, 0.15) is 41.8 Å². The molecule has 1 saturated heterocycles. The fraction of sp³-hybridized carbons (Fsp3) is 0.542. The zero-order valence-electron chi connectivity index (χ0n) is 17.3. The fourth-order valence-corrected chi connectivity index (χ4v) is 5.14. The topological polar surface area (TPSA) is 63.5 Å². The summed E-state index contributed by atoms with van der Waals surface area (Å²) in [6.07, 6.45) is 4.62. The predicted octanol–water partition coefficient (Wildman–Crippen LogP) is 4.43. The highest BCUT2D eigenvalue weighted by molar-refractivity contribution is 6.33. The van der Waals surface area contributed by atoms with Gasteiger partial charge in [0.15, 0.2) is 0 Å². The number of aryl methyl sites for hydroxylation is 1. The van der Waals surface area contributed by atoms with Gasteiger partial charge in [-0.2, -0.15) is 0 Å². The van der Waals surface area contributed by atoms with Gasteiger partial charge in [-0.05, 0) is 81.6 Å². The smallest absolute Gasteiger partial charge is 0.255 e. The van der Waals surface area contributed by atoms with E-state index < -0.39 is 0 Å². The summed E-state index contributed by atoms with van der Waals surface area (Å²) >= 11 is 6.31. The average Bonchev–Trinajstić information content (AvgIpc) is 3.32. The Labute approximate surface area is 182 Å². The number of amides is 1. The highest BCUT2D eigenvalue weighted by atomic mass is 35.5. The van der Waals surface area contributed by atoms with Crippen molar-refractivity contribution in [3.63, 3.8) is 0 Å². The Balaban J connectivity index is 1.32. The fourth-order valence-electron chi connectivity index (χ4n) is 4.91. The first-order valence-corrected chi connectivity index (χ1v) is 11.4. The maximum atomic E-state index is 13.2. The van der Waals surface area contributed by atoms with E-state index in [0.717, 1.165) is 44.0 Å². The summed E-state index contributed by atoms with van der Waals surface area (Å²) in [6, 6.07) is 9.35. The van der Waals surface area contributed by atoms with Gasteiger partial charge >= 0.3 is 0 Å². The van der Waals surface area contributed by atoms with E-state index in [9.17, 15) is 4.79 Å². The maximum absolute atomic E-state index is 13.2. The Kier molecular flexibility index (Phi) is 5.61. The second-order valence-electron chi connectivity index (χ2n) is 9.11. The van der Waals surface area contributed by atoms with Crippen LogP contribution in [0.25, 0.3) is 11.3 Å². The maximum Gasteiger partial charge on any atom is 0.255 e. The molecule has 4 atom stereocenters. The minimum atomic E-state index is -0.0935. The first-order valence-electron chi connectivity index (χ1n) is 11.1. The van der Waals surface area contributed by atoms with Crippen molar-refractivity contribution in [2.45, 2.75) is 44.8 Å². The molecule has 160 valence electrons. The second kappa shape index (κ2) is 8.37. The zero-order chi connectivity index (χ0) is 20.7. The van der Waals surface area contributed by atoms with Gasteiger partial charge in [0.25, 0.3) is 5.91 Å². The van der Waals surface area contributed by atoms with Gasteiger partial charge in [0.2, 0.25) is 0 Å². The second-order valence-corrected chi connectivity index (χ2v) is 9.51. The first-order chi connectivity index (χ1) is 14.6. The molecule has 2 heterocycles. The Hall–Kier alpha value is -1.82. The molecular weight excluding hydrogens is 400 g/mol. The number of ether oxygens (including phenoxy) is 1. The average molecular weight is 429 g/mol. The third-order valence-electron chi connectivity index (χ3n) is 6.88. The minimum Gasteiger partial charge on any atom is -0.460 e. The van der Waals surface area contributed by atoms with Crippen LogP contribution in [0.3, 0.4) is 0 Å². The zero-order valence-corrected chi connectivity index (χ0v) is 18.1. The summed E-state index contributed by atoms with van der Waals surface area (Å²) in [5.74, 6) is 3.12. The number of hydrogen-bond acceptors (Lipinski definition) is 4. The van der Waals surface area contributed by atoms with Crippen LogP contribution in [0.2, 0.25) is 5.02 Å². The number of furan rings is 1. The number of benzene rings is 1. The van der Waals surface area contributed by atoms with Crippen LogP contribution in [0, 0.1) is 24.7 Å². The molecule has 1 aromatic heterocycles. The monoisotopic (exact) mass is 428 g/mol. The largest absolute Gasteiger partial charge is 0.460 e. The minimum absolute atomic E-state index is 0.0375. The van der Waals surface area contributed by atoms with E-state index >= 15 is 0 Å². The van der Waals surface area contributed by atoms with Gasteiger partial charge in [-0.3, -0.25) is 4.79 Å². The van der Waals surface area contributed by atoms with Crippen molar-refractivity contribution in [2.75, 3.05) is 19.7 Å². The van der Waals surface area contributed by atoms with Crippen LogP contribution in [0.5, 0.6) is 0 Å². The molecule has 0 spiro atoms. The van der Waals surface area contributed by atoms with Crippen LogP contribution in [0.15, 0.2) is 34.7 Å². The van der Waals surface area contributed by atoms with E-state index in [1.165, 1.54) is 12.8 Å². The molecule has 2 N–H and O–H groups in total. The van der Waals surface area contributed by atoms with E-state index in [-0.39, 0.29) is 18.1 Å². The van der Waals surface area contributed by atoms with Crippen molar-refractivity contribution in [3.05, 3.63) is 46.7 Å². The molecule has 0 radical (unpaired) electrons. The molecule has 2 saturated carbocycles. The number of fused-ring (bicyclic) bond motifs is 1. The van der Waals surface area contributed by atoms with E-state index in [1.807, 2.05) is 31.2 Å². The van der Waals surface area contributed by atoms with E-state index in [4.69, 9.17) is 20.8 Å². The number of carbonyl (C=O) groups excluding carboxylic acids is 1. The van der Waals surface area contributed by atoms with Crippen LogP contribution >= 0.6 is 11.6 Å². The van der Waals surface area contributed by atoms with Crippen molar-refractivity contribution in [1.82, 2.24) is 10.6 Å². The molecule has 2 aromatic rings. The molecule has 5 rings (SSSR count). The molecule has 3 fully saturated rings. The molecule has 2 aliphatic carbocycles. The summed E-state index contributed by atoms with van der Waals surface area (Å²) in [7, 11) is 0. The number of hydrogen-bond donors (Lipinski definition) is 2. The van der Waals surface area contributed by atoms with Gasteiger partial charge in [0, 0.05) is 12.2 Å². The Bertz CT molecular complexity index is 923. The third-order valence-corrected chi connectivity index (χ3v) is 7.21. The molecule has 6 heteroatoms. The molecule has 1 aromatic carbocycles. The van der Waals surface area contributed by atoms with Gasteiger partial charge in [0.05, 0.1) is 22.7 Å². The summed E-state index contributed by atoms with van der Waals surface area (Å²) in [5, 5.41) is 7.40. The summed E-state index contributed by atoms with van der Waals surface area (Å²) in [4.78, 5) is 13.2. The molecule has 0 unspecified atom stereocenters. The van der Waals surface area contributed by atoms with Crippen molar-refractivity contribution in [3.8, 4) is 11.3 Å². The number of carbonyl (C=O) groups is 1. The van der Waals surface area contributed by atoms with Crippen LogP contribution in [-0.4, -0.2) is 37.7 Å². The van der Waals surface area contributed by atoms with Crippen molar-refractivity contribution in [2.24, 2.45) is 17.8 Å². The van der Waals surface area contributed by atoms with E-state index in [0.29, 0.717) is 33.9 Å². The molecule has 1 aliphatic heterocycles. The highest BCUT2D eigenvalue weighted by Crippen LogP contribution is 2.37. The molecule has 30 heavy (non-hydrogen) atoms. The van der Waals surface area contributed by atoms with Crippen LogP contribution < -0.4 is 10.6 Å². The highest BCUT2D eigenvalue weighted by Gasteiger charge is 2.41. The first kappa shape index (κ1) is 20.1. The lowest BCUT2D eigenvalue weighted by atomic mass is 9.77. The van der Waals surface area contributed by atoms with E-state index in [1.54, 1.807) is 6.07 Å². The SMILES string of the molecule is Cc1oc(-c2ccccc2Cl)cc1C(=O)N[C@H]1C[C@H]2CNC[C@H]2C[C@@H]1OCC1CC1. The molecule has 1 amide bonds. The molecule has 5 nitrogen and oxygen atoms in total. The van der Waals surface area contributed by atoms with Gasteiger partial charge in [-0.25, -0.2) is 0 Å². The Morgan fingerprint density at radius 1 is 1.23 bits per heavy atom. The third kappa shape index (κ3) is 4.16. The van der Waals surface area contributed by atoms with Crippen molar-refractivity contribution in [1.29, 1.82) is 0 Å². The molecule has 3 aliphatic rings. The molecule has 0 bridgehead atoms. The van der Waals surface area contributed by atoms with Gasteiger partial charge in [-0.1, -0.05) is 23.7 Å². The number of halogens is 1. The van der Waals surface area contributed by atoms with Crippen LogP contribution in [-0.2, 0) is 4.74 Å². The quantitative estimate of drug-likeness (QED) is 0.714. The lowest BCUT2D eigenvalue weighted by Crippen LogP contribution is -2.50. The lowest BCUT2D eigenvalue weighted by molar-refractivity contribution is -0.0211. The Morgan fingerprint density at radius 3 is 2.77 bits per heavy atom. The predicted molar refractivity (Wildman–Crippen MR) is 117 cm³/mol. The number of nitrogens with one attached hydrogen (secondary N) is 2. The van der Waals surface area contributed by atoms with Crippen LogP contribution in [0.4, 0.5) is 0 Å². The lowest BCUT2D eigenvalue weighted by Gasteiger charge is -2.38. The summed E-state index contributed by atoms with van der Waals surface area (Å²) < 4.78 is 12.2. The normalized spacial score (nSPS) is 28.3. The van der Waals surface area contributed by atoms with Crippen molar-refractivity contribution < 1.29 is 13.9 Å². The van der Waals surface area contributed by atoms with Gasteiger partial charge in [0.1, 0.15) is 11.5 Å². The van der Waals surface area contributed by atoms with Gasteiger partial charge < -0.3 is 19.8 Å². The molecular formula is C24H29ClN2O3. The number of rotatable bonds is 6. The van der Waals surface area contributed by atoms with Crippen molar-refractivity contribution >= 4 is 17.5 Å².